The first-order valence-corrected chi connectivity index (χ1v) is 10.9. The van der Waals surface area contributed by atoms with Gasteiger partial charge in [0.1, 0.15) is 0 Å². The summed E-state index contributed by atoms with van der Waals surface area (Å²) in [7, 11) is 0. The first-order valence-electron chi connectivity index (χ1n) is 10.9. The quantitative estimate of drug-likeness (QED) is 0.581. The monoisotopic (exact) mass is 337 g/mol. The first kappa shape index (κ1) is 17.2. The van der Waals surface area contributed by atoms with E-state index in [2.05, 4.69) is 41.8 Å². The Balaban J connectivity index is 1.23. The van der Waals surface area contributed by atoms with E-state index in [4.69, 9.17) is 0 Å². The summed E-state index contributed by atoms with van der Waals surface area (Å²) in [5.74, 6) is 2.66. The third-order valence-corrected chi connectivity index (χ3v) is 7.04. The molecule has 1 heteroatoms. The molecule has 1 N–H and O–H groups in total. The molecular formula is C24H35N. The number of hydrogen-bond donors (Lipinski definition) is 1. The van der Waals surface area contributed by atoms with Gasteiger partial charge in [0.15, 0.2) is 0 Å². The van der Waals surface area contributed by atoms with Crippen LogP contribution in [0.4, 0.5) is 0 Å². The van der Waals surface area contributed by atoms with E-state index in [0.29, 0.717) is 0 Å². The van der Waals surface area contributed by atoms with Gasteiger partial charge in [0.25, 0.3) is 0 Å². The van der Waals surface area contributed by atoms with Gasteiger partial charge in [-0.1, -0.05) is 42.0 Å². The van der Waals surface area contributed by atoms with E-state index in [0.717, 1.165) is 23.8 Å². The normalized spacial score (nSPS) is 35.8. The Morgan fingerprint density at radius 2 is 1.80 bits per heavy atom. The van der Waals surface area contributed by atoms with Gasteiger partial charge in [0, 0.05) is 11.7 Å². The van der Waals surface area contributed by atoms with Gasteiger partial charge in [0.2, 0.25) is 0 Å². The lowest BCUT2D eigenvalue weighted by atomic mass is 9.74. The molecule has 4 rings (SSSR count). The molecule has 0 aliphatic heterocycles. The molecule has 2 unspecified atom stereocenters. The second-order valence-corrected chi connectivity index (χ2v) is 8.69. The molecule has 0 heterocycles. The summed E-state index contributed by atoms with van der Waals surface area (Å²) < 4.78 is 0. The Morgan fingerprint density at radius 1 is 0.880 bits per heavy atom. The summed E-state index contributed by atoms with van der Waals surface area (Å²) in [6.45, 7) is 0. The minimum absolute atomic E-state index is 0.739. The fourth-order valence-electron chi connectivity index (χ4n) is 5.45. The fourth-order valence-corrected chi connectivity index (χ4v) is 5.45. The Labute approximate surface area is 154 Å². The van der Waals surface area contributed by atoms with E-state index in [-0.39, 0.29) is 0 Å². The zero-order valence-corrected chi connectivity index (χ0v) is 15.8. The third-order valence-electron chi connectivity index (χ3n) is 7.04. The van der Waals surface area contributed by atoms with E-state index < -0.39 is 0 Å². The van der Waals surface area contributed by atoms with Crippen LogP contribution in [-0.2, 0) is 0 Å². The SMILES string of the molecule is C1=CCCC(C2CC=C(NC3CCC(C4C=CCCC4)CC3)CC2)=C1. The van der Waals surface area contributed by atoms with Crippen LogP contribution < -0.4 is 5.32 Å². The van der Waals surface area contributed by atoms with Crippen LogP contribution in [0.3, 0.4) is 0 Å². The molecule has 0 aromatic rings. The largest absolute Gasteiger partial charge is 0.386 e. The molecule has 0 aromatic heterocycles. The van der Waals surface area contributed by atoms with E-state index in [1.165, 1.54) is 77.0 Å². The first-order chi connectivity index (χ1) is 12.4. The highest BCUT2D eigenvalue weighted by atomic mass is 14.9. The predicted octanol–water partition coefficient (Wildman–Crippen LogP) is 6.45. The maximum Gasteiger partial charge on any atom is 0.0258 e. The third kappa shape index (κ3) is 4.49. The average Bonchev–Trinajstić information content (AvgIpc) is 2.71. The fraction of sp³-hybridized carbons (Fsp3) is 0.667. The predicted molar refractivity (Wildman–Crippen MR) is 107 cm³/mol. The molecule has 0 aromatic carbocycles. The smallest absolute Gasteiger partial charge is 0.0258 e. The van der Waals surface area contributed by atoms with Crippen LogP contribution >= 0.6 is 0 Å². The van der Waals surface area contributed by atoms with Crippen molar-refractivity contribution in [1.82, 2.24) is 5.32 Å². The van der Waals surface area contributed by atoms with Crippen molar-refractivity contribution >= 4 is 0 Å². The second-order valence-electron chi connectivity index (χ2n) is 8.69. The molecule has 2 atom stereocenters. The molecule has 1 fully saturated rings. The van der Waals surface area contributed by atoms with Crippen LogP contribution in [0, 0.1) is 17.8 Å². The maximum atomic E-state index is 3.91. The van der Waals surface area contributed by atoms with Crippen LogP contribution in [-0.4, -0.2) is 6.04 Å². The van der Waals surface area contributed by atoms with Gasteiger partial charge in [-0.2, -0.15) is 0 Å². The van der Waals surface area contributed by atoms with E-state index in [1.54, 1.807) is 11.3 Å². The minimum Gasteiger partial charge on any atom is -0.386 e. The Bertz CT molecular complexity index is 557. The second kappa shape index (κ2) is 8.43. The standard InChI is InChI=1S/C24H35N/c1-3-7-19(8-4-1)21-11-15-23(16-12-21)25-24-17-13-22(14-18-24)20-9-5-2-6-10-20/h1,3,5,7,9,15,20-22,24-25H,2,4,6,8,10-14,16-18H2. The summed E-state index contributed by atoms with van der Waals surface area (Å²) in [4.78, 5) is 0. The van der Waals surface area contributed by atoms with Crippen molar-refractivity contribution in [3.05, 3.63) is 47.7 Å². The lowest BCUT2D eigenvalue weighted by Gasteiger charge is -2.35. The topological polar surface area (TPSA) is 12.0 Å². The number of rotatable bonds is 4. The molecule has 25 heavy (non-hydrogen) atoms. The minimum atomic E-state index is 0.739. The summed E-state index contributed by atoms with van der Waals surface area (Å²) in [6, 6.07) is 0.739. The number of allylic oxidation sites excluding steroid dienone is 8. The van der Waals surface area contributed by atoms with Crippen LogP contribution in [0.5, 0.6) is 0 Å². The molecule has 136 valence electrons. The summed E-state index contributed by atoms with van der Waals surface area (Å²) in [6.07, 6.45) is 30.6. The van der Waals surface area contributed by atoms with E-state index in [9.17, 15) is 0 Å². The molecule has 1 nitrogen and oxygen atoms in total. The molecule has 4 aliphatic rings. The Morgan fingerprint density at radius 3 is 2.48 bits per heavy atom. The lowest BCUT2D eigenvalue weighted by Crippen LogP contribution is -2.35. The Hall–Kier alpha value is -1.24. The molecular weight excluding hydrogens is 302 g/mol. The van der Waals surface area contributed by atoms with Crippen molar-refractivity contribution in [2.24, 2.45) is 17.8 Å². The van der Waals surface area contributed by atoms with Gasteiger partial charge in [-0.05, 0) is 94.8 Å². The van der Waals surface area contributed by atoms with Gasteiger partial charge >= 0.3 is 0 Å². The summed E-state index contributed by atoms with van der Waals surface area (Å²) in [5.41, 5.74) is 3.24. The van der Waals surface area contributed by atoms with Crippen molar-refractivity contribution in [1.29, 1.82) is 0 Å². The molecule has 0 spiro atoms. The van der Waals surface area contributed by atoms with Crippen molar-refractivity contribution in [3.8, 4) is 0 Å². The van der Waals surface area contributed by atoms with Crippen LogP contribution in [0.1, 0.15) is 77.0 Å². The van der Waals surface area contributed by atoms with E-state index >= 15 is 0 Å². The van der Waals surface area contributed by atoms with Crippen molar-refractivity contribution in [2.45, 2.75) is 83.1 Å². The molecule has 4 aliphatic carbocycles. The maximum absolute atomic E-state index is 3.91. The molecule has 0 bridgehead atoms. The van der Waals surface area contributed by atoms with Gasteiger partial charge in [0.05, 0.1) is 0 Å². The van der Waals surface area contributed by atoms with Gasteiger partial charge in [-0.3, -0.25) is 0 Å². The number of hydrogen-bond acceptors (Lipinski definition) is 1. The van der Waals surface area contributed by atoms with Gasteiger partial charge in [-0.25, -0.2) is 0 Å². The molecule has 1 saturated carbocycles. The highest BCUT2D eigenvalue weighted by molar-refractivity contribution is 5.23. The summed E-state index contributed by atoms with van der Waals surface area (Å²) in [5, 5.41) is 3.91. The van der Waals surface area contributed by atoms with Gasteiger partial charge in [-0.15, -0.1) is 0 Å². The highest BCUT2D eigenvalue weighted by Crippen LogP contribution is 2.37. The van der Waals surface area contributed by atoms with Crippen LogP contribution in [0.25, 0.3) is 0 Å². The highest BCUT2D eigenvalue weighted by Gasteiger charge is 2.27. The average molecular weight is 338 g/mol. The van der Waals surface area contributed by atoms with E-state index in [1.807, 2.05) is 0 Å². The van der Waals surface area contributed by atoms with Gasteiger partial charge < -0.3 is 5.32 Å². The number of nitrogens with one attached hydrogen (secondary N) is 1. The molecule has 0 saturated heterocycles. The Kier molecular flexibility index (Phi) is 5.79. The molecule has 0 amide bonds. The van der Waals surface area contributed by atoms with Crippen molar-refractivity contribution in [3.63, 3.8) is 0 Å². The van der Waals surface area contributed by atoms with Crippen molar-refractivity contribution < 1.29 is 0 Å². The van der Waals surface area contributed by atoms with Crippen LogP contribution in [0.2, 0.25) is 0 Å². The zero-order valence-electron chi connectivity index (χ0n) is 15.8. The summed E-state index contributed by atoms with van der Waals surface area (Å²) >= 11 is 0. The molecule has 0 radical (unpaired) electrons. The van der Waals surface area contributed by atoms with Crippen LogP contribution in [0.15, 0.2) is 47.7 Å². The zero-order chi connectivity index (χ0) is 16.9. The van der Waals surface area contributed by atoms with Crippen molar-refractivity contribution in [2.75, 3.05) is 0 Å². The lowest BCUT2D eigenvalue weighted by molar-refractivity contribution is 0.236.